The minimum atomic E-state index is -0.594. The number of carbonyl (C=O) groups excluding carboxylic acids is 2. The van der Waals surface area contributed by atoms with E-state index < -0.39 is 17.8 Å². The van der Waals surface area contributed by atoms with Crippen molar-refractivity contribution in [2.45, 2.75) is 18.6 Å². The largest absolute Gasteiger partial charge is 0.378 e. The van der Waals surface area contributed by atoms with Gasteiger partial charge in [0, 0.05) is 41.5 Å². The first-order chi connectivity index (χ1) is 15.5. The molecule has 4 rings (SSSR count). The molecule has 0 bridgehead atoms. The number of nitrogens with one attached hydrogen (secondary N) is 2. The van der Waals surface area contributed by atoms with Crippen LogP contribution in [0.5, 0.6) is 0 Å². The van der Waals surface area contributed by atoms with Crippen molar-refractivity contribution in [3.05, 3.63) is 64.4 Å². The minimum absolute atomic E-state index is 0.00231. The fourth-order valence-corrected chi connectivity index (χ4v) is 4.09. The third kappa shape index (κ3) is 4.77. The Morgan fingerprint density at radius 2 is 2.00 bits per heavy atom. The van der Waals surface area contributed by atoms with Crippen molar-refractivity contribution in [1.82, 2.24) is 15.6 Å². The van der Waals surface area contributed by atoms with E-state index in [1.807, 2.05) is 5.43 Å². The molecule has 0 aromatic heterocycles. The number of benzene rings is 2. The van der Waals surface area contributed by atoms with Gasteiger partial charge in [-0.15, -0.1) is 0 Å². The van der Waals surface area contributed by atoms with E-state index >= 15 is 0 Å². The zero-order chi connectivity index (χ0) is 22.7. The smallest absolute Gasteiger partial charge is 0.265 e. The van der Waals surface area contributed by atoms with Gasteiger partial charge in [-0.2, -0.15) is 0 Å². The highest BCUT2D eigenvalue weighted by Crippen LogP contribution is 2.25. The summed E-state index contributed by atoms with van der Waals surface area (Å²) in [6.45, 7) is 3.23. The van der Waals surface area contributed by atoms with Gasteiger partial charge in [-0.25, -0.2) is 10.2 Å². The van der Waals surface area contributed by atoms with Gasteiger partial charge in [0.1, 0.15) is 11.9 Å². The van der Waals surface area contributed by atoms with Crippen molar-refractivity contribution in [1.29, 1.82) is 0 Å². The van der Waals surface area contributed by atoms with Gasteiger partial charge in [-0.3, -0.25) is 19.9 Å². The van der Waals surface area contributed by atoms with Crippen LogP contribution in [0, 0.1) is 5.82 Å². The first-order valence-electron chi connectivity index (χ1n) is 10.4. The van der Waals surface area contributed by atoms with Crippen LogP contribution in [0.1, 0.15) is 15.9 Å². The highest BCUT2D eigenvalue weighted by molar-refractivity contribution is 6.30. The van der Waals surface area contributed by atoms with Gasteiger partial charge in [0.15, 0.2) is 0 Å². The molecule has 1 unspecified atom stereocenters. The molecule has 2 saturated heterocycles. The molecule has 0 spiro atoms. The summed E-state index contributed by atoms with van der Waals surface area (Å²) in [6, 6.07) is 10.7. The maximum Gasteiger partial charge on any atom is 0.265 e. The van der Waals surface area contributed by atoms with E-state index in [1.165, 1.54) is 12.1 Å². The fraction of sp³-hybridized carbons (Fsp3) is 0.364. The lowest BCUT2D eigenvalue weighted by atomic mass is 10.0. The number of hydrogen-bond acceptors (Lipinski definition) is 6. The Labute approximate surface area is 190 Å². The Hall–Kier alpha value is -2.56. The zero-order valence-corrected chi connectivity index (χ0v) is 18.1. The predicted molar refractivity (Wildman–Crippen MR) is 119 cm³/mol. The molecule has 0 radical (unpaired) electrons. The third-order valence-corrected chi connectivity index (χ3v) is 6.09. The molecule has 2 heterocycles. The van der Waals surface area contributed by atoms with Gasteiger partial charge in [-0.1, -0.05) is 17.7 Å². The van der Waals surface area contributed by atoms with E-state index in [-0.39, 0.29) is 29.6 Å². The van der Waals surface area contributed by atoms with Crippen LogP contribution in [0.15, 0.2) is 42.5 Å². The molecular weight excluding hydrogens is 437 g/mol. The number of hydrazine groups is 1. The van der Waals surface area contributed by atoms with E-state index in [0.29, 0.717) is 30.5 Å². The number of nitrogens with zero attached hydrogens (tertiary/aromatic N) is 2. The molecule has 4 N–H and O–H groups in total. The van der Waals surface area contributed by atoms with Crippen LogP contribution in [0.3, 0.4) is 0 Å². The summed E-state index contributed by atoms with van der Waals surface area (Å²) in [6.07, 6.45) is 0. The number of nitrogen functional groups attached to an aromatic ring is 1. The maximum absolute atomic E-state index is 14.8. The van der Waals surface area contributed by atoms with E-state index in [2.05, 4.69) is 10.2 Å². The van der Waals surface area contributed by atoms with Crippen molar-refractivity contribution in [3.63, 3.8) is 0 Å². The number of nitrogens with two attached hydrogens (primary N) is 1. The predicted octanol–water partition coefficient (Wildman–Crippen LogP) is 1.29. The Morgan fingerprint density at radius 3 is 2.62 bits per heavy atom. The van der Waals surface area contributed by atoms with Crippen molar-refractivity contribution >= 4 is 29.1 Å². The summed E-state index contributed by atoms with van der Waals surface area (Å²) in [5.41, 5.74) is 2.98. The van der Waals surface area contributed by atoms with E-state index in [0.717, 1.165) is 19.2 Å². The molecule has 8 nitrogen and oxygen atoms in total. The normalized spacial score (nSPS) is 19.3. The van der Waals surface area contributed by atoms with Crippen LogP contribution in [-0.4, -0.2) is 61.6 Å². The van der Waals surface area contributed by atoms with Gasteiger partial charge >= 0.3 is 0 Å². The molecule has 2 aromatic rings. The average Bonchev–Trinajstić information content (AvgIpc) is 2.77. The van der Waals surface area contributed by atoms with E-state index in [9.17, 15) is 14.0 Å². The monoisotopic (exact) mass is 461 g/mol. The Balaban J connectivity index is 1.64. The quantitative estimate of drug-likeness (QED) is 0.340. The molecule has 2 fully saturated rings. The number of halogens is 2. The first kappa shape index (κ1) is 22.6. The molecular formula is C22H25ClFN5O3. The van der Waals surface area contributed by atoms with E-state index in [1.54, 1.807) is 29.2 Å². The number of hydrogen-bond donors (Lipinski definition) is 3. The topological polar surface area (TPSA) is 99.9 Å². The van der Waals surface area contributed by atoms with Crippen LogP contribution >= 0.6 is 11.6 Å². The van der Waals surface area contributed by atoms with Crippen molar-refractivity contribution in [3.8, 4) is 0 Å². The fourth-order valence-electron chi connectivity index (χ4n) is 3.97. The molecule has 2 aliphatic rings. The SMILES string of the molecule is NNC(=O)c1ccc(CN(C(=O)C2CNCCN2C2COC2)c2ccc(Cl)cc2)c(F)c1. The lowest BCUT2D eigenvalue weighted by Crippen LogP contribution is -2.65. The molecule has 10 heteroatoms. The van der Waals surface area contributed by atoms with Crippen LogP contribution < -0.4 is 21.5 Å². The number of carbonyl (C=O) groups is 2. The van der Waals surface area contributed by atoms with Crippen molar-refractivity contribution in [2.75, 3.05) is 37.7 Å². The van der Waals surface area contributed by atoms with Gasteiger partial charge in [0.2, 0.25) is 5.91 Å². The number of amides is 2. The lowest BCUT2D eigenvalue weighted by molar-refractivity contribution is -0.133. The Kier molecular flexibility index (Phi) is 7.02. The average molecular weight is 462 g/mol. The molecule has 2 aromatic carbocycles. The second-order valence-electron chi connectivity index (χ2n) is 7.83. The second kappa shape index (κ2) is 9.93. The van der Waals surface area contributed by atoms with Gasteiger partial charge in [0.05, 0.1) is 25.8 Å². The molecule has 32 heavy (non-hydrogen) atoms. The highest BCUT2D eigenvalue weighted by atomic mass is 35.5. The summed E-state index contributed by atoms with van der Waals surface area (Å²) in [5, 5.41) is 3.82. The zero-order valence-electron chi connectivity index (χ0n) is 17.4. The lowest BCUT2D eigenvalue weighted by Gasteiger charge is -2.45. The summed E-state index contributed by atoms with van der Waals surface area (Å²) in [5.74, 6) is 3.80. The molecule has 170 valence electrons. The number of ether oxygens (including phenoxy) is 1. The van der Waals surface area contributed by atoms with Crippen LogP contribution in [0.4, 0.5) is 10.1 Å². The maximum atomic E-state index is 14.8. The van der Waals surface area contributed by atoms with Gasteiger partial charge in [0.25, 0.3) is 5.91 Å². The first-order valence-corrected chi connectivity index (χ1v) is 10.8. The second-order valence-corrected chi connectivity index (χ2v) is 8.27. The summed E-state index contributed by atoms with van der Waals surface area (Å²) in [7, 11) is 0. The van der Waals surface area contributed by atoms with Crippen LogP contribution in [0.2, 0.25) is 5.02 Å². The Bertz CT molecular complexity index is 986. The molecule has 0 aliphatic carbocycles. The molecule has 0 saturated carbocycles. The summed E-state index contributed by atoms with van der Waals surface area (Å²) in [4.78, 5) is 29.2. The van der Waals surface area contributed by atoms with E-state index in [4.69, 9.17) is 22.2 Å². The van der Waals surface area contributed by atoms with Crippen molar-refractivity contribution in [2.24, 2.45) is 5.84 Å². The van der Waals surface area contributed by atoms with Crippen LogP contribution in [-0.2, 0) is 16.1 Å². The molecule has 2 amide bonds. The van der Waals surface area contributed by atoms with Crippen molar-refractivity contribution < 1.29 is 18.7 Å². The standard InChI is InChI=1S/C22H25ClFN5O3/c23-16-3-5-17(6-4-16)29(11-15-2-1-14(9-19(15)24)21(30)27-25)22(31)20-10-26-7-8-28(20)18-12-32-13-18/h1-6,9,18,20,26H,7-8,10-13,25H2,(H,27,30). The van der Waals surface area contributed by atoms with Gasteiger partial charge in [-0.05, 0) is 36.4 Å². The van der Waals surface area contributed by atoms with Crippen LogP contribution in [0.25, 0.3) is 0 Å². The number of piperazine rings is 1. The van der Waals surface area contributed by atoms with Gasteiger partial charge < -0.3 is 15.0 Å². The number of anilines is 1. The highest BCUT2D eigenvalue weighted by Gasteiger charge is 2.39. The number of rotatable bonds is 6. The summed E-state index contributed by atoms with van der Waals surface area (Å²) >= 11 is 6.04. The minimum Gasteiger partial charge on any atom is -0.378 e. The molecule has 2 aliphatic heterocycles. The Morgan fingerprint density at radius 1 is 1.25 bits per heavy atom. The molecule has 1 atom stereocenters. The summed E-state index contributed by atoms with van der Waals surface area (Å²) < 4.78 is 20.2. The third-order valence-electron chi connectivity index (χ3n) is 5.84.